The predicted molar refractivity (Wildman–Crippen MR) is 61.8 cm³/mol. The van der Waals surface area contributed by atoms with Gasteiger partial charge < -0.3 is 14.9 Å². The molecule has 2 aromatic heterocycles. The van der Waals surface area contributed by atoms with Crippen LogP contribution in [0.4, 0.5) is 0 Å². The van der Waals surface area contributed by atoms with Crippen molar-refractivity contribution >= 4 is 0 Å². The summed E-state index contributed by atoms with van der Waals surface area (Å²) in [5, 5.41) is 0. The summed E-state index contributed by atoms with van der Waals surface area (Å²) in [5.74, 6) is 2.09. The largest absolute Gasteiger partial charge is 0.338 e. The molecule has 0 bridgehead atoms. The maximum atomic E-state index is 5.66. The van der Waals surface area contributed by atoms with E-state index in [0.717, 1.165) is 30.3 Å². The first-order valence-corrected chi connectivity index (χ1v) is 5.39. The summed E-state index contributed by atoms with van der Waals surface area (Å²) < 4.78 is 4.18. The summed E-state index contributed by atoms with van der Waals surface area (Å²) in [6.45, 7) is 3.40. The highest BCUT2D eigenvalue weighted by Crippen LogP contribution is 2.06. The van der Waals surface area contributed by atoms with Crippen LogP contribution in [0, 0.1) is 6.92 Å². The Bertz CT molecular complexity index is 468. The van der Waals surface area contributed by atoms with Crippen molar-refractivity contribution in [2.75, 3.05) is 0 Å². The Kier molecular flexibility index (Phi) is 3.05. The number of hydrogen-bond donors (Lipinski definition) is 1. The first-order valence-electron chi connectivity index (χ1n) is 5.39. The zero-order valence-corrected chi connectivity index (χ0v) is 9.72. The molecule has 0 aliphatic heterocycles. The Hall–Kier alpha value is -1.62. The monoisotopic (exact) mass is 219 g/mol. The predicted octanol–water partition coefficient (Wildman–Crippen LogP) is 0.626. The van der Waals surface area contributed by atoms with Gasteiger partial charge in [-0.1, -0.05) is 0 Å². The quantitative estimate of drug-likeness (QED) is 0.820. The molecule has 0 aliphatic rings. The van der Waals surface area contributed by atoms with Crippen LogP contribution in [-0.4, -0.2) is 19.1 Å². The van der Waals surface area contributed by atoms with E-state index in [1.54, 1.807) is 0 Å². The molecule has 0 saturated heterocycles. The molecule has 0 atom stereocenters. The number of rotatable bonds is 4. The average Bonchev–Trinajstić information content (AvgIpc) is 2.82. The van der Waals surface area contributed by atoms with Gasteiger partial charge in [0.1, 0.15) is 11.6 Å². The summed E-state index contributed by atoms with van der Waals surface area (Å²) in [7, 11) is 2.01. The Morgan fingerprint density at radius 3 is 2.81 bits per heavy atom. The molecule has 0 unspecified atom stereocenters. The van der Waals surface area contributed by atoms with Gasteiger partial charge in [-0.05, 0) is 6.92 Å². The Morgan fingerprint density at radius 1 is 1.38 bits per heavy atom. The molecule has 86 valence electrons. The lowest BCUT2D eigenvalue weighted by Gasteiger charge is -2.08. The van der Waals surface area contributed by atoms with Gasteiger partial charge >= 0.3 is 0 Å². The van der Waals surface area contributed by atoms with Crippen molar-refractivity contribution in [3.8, 4) is 0 Å². The third kappa shape index (κ3) is 1.99. The highest BCUT2D eigenvalue weighted by molar-refractivity contribution is 5.04. The number of aromatic nitrogens is 4. The van der Waals surface area contributed by atoms with Crippen LogP contribution < -0.4 is 5.73 Å². The van der Waals surface area contributed by atoms with Gasteiger partial charge in [0.15, 0.2) is 0 Å². The molecule has 0 saturated carbocycles. The fraction of sp³-hybridized carbons (Fsp3) is 0.455. The van der Waals surface area contributed by atoms with Crippen LogP contribution in [0.3, 0.4) is 0 Å². The topological polar surface area (TPSA) is 61.7 Å². The SMILES string of the molecule is Cc1ncc(CN)n1CCc1nccn1C. The van der Waals surface area contributed by atoms with E-state index in [1.165, 1.54) is 0 Å². The van der Waals surface area contributed by atoms with Crippen molar-refractivity contribution in [2.45, 2.75) is 26.4 Å². The third-order valence-electron chi connectivity index (χ3n) is 2.83. The van der Waals surface area contributed by atoms with Crippen molar-refractivity contribution in [3.05, 3.63) is 35.9 Å². The summed E-state index contributed by atoms with van der Waals surface area (Å²) >= 11 is 0. The number of nitrogens with two attached hydrogens (primary N) is 1. The number of aryl methyl sites for hydroxylation is 3. The normalized spacial score (nSPS) is 10.9. The van der Waals surface area contributed by atoms with Gasteiger partial charge in [-0.3, -0.25) is 0 Å². The van der Waals surface area contributed by atoms with Crippen molar-refractivity contribution in [2.24, 2.45) is 12.8 Å². The van der Waals surface area contributed by atoms with Crippen LogP contribution in [0.5, 0.6) is 0 Å². The summed E-state index contributed by atoms with van der Waals surface area (Å²) in [4.78, 5) is 8.56. The molecule has 0 aliphatic carbocycles. The lowest BCUT2D eigenvalue weighted by atomic mass is 10.3. The molecular formula is C11H17N5. The number of hydrogen-bond acceptors (Lipinski definition) is 3. The second-order valence-corrected chi connectivity index (χ2v) is 3.86. The highest BCUT2D eigenvalue weighted by Gasteiger charge is 2.06. The molecule has 0 aromatic carbocycles. The lowest BCUT2D eigenvalue weighted by Crippen LogP contribution is -2.12. The molecule has 2 aromatic rings. The van der Waals surface area contributed by atoms with E-state index in [1.807, 2.05) is 37.1 Å². The van der Waals surface area contributed by atoms with E-state index in [-0.39, 0.29) is 0 Å². The molecular weight excluding hydrogens is 202 g/mol. The fourth-order valence-corrected chi connectivity index (χ4v) is 1.83. The van der Waals surface area contributed by atoms with Crippen LogP contribution in [0.1, 0.15) is 17.3 Å². The molecule has 16 heavy (non-hydrogen) atoms. The van der Waals surface area contributed by atoms with Crippen LogP contribution >= 0.6 is 0 Å². The third-order valence-corrected chi connectivity index (χ3v) is 2.83. The number of imidazole rings is 2. The Morgan fingerprint density at radius 2 is 2.19 bits per heavy atom. The molecule has 0 fully saturated rings. The lowest BCUT2D eigenvalue weighted by molar-refractivity contribution is 0.612. The van der Waals surface area contributed by atoms with Crippen molar-refractivity contribution in [1.82, 2.24) is 19.1 Å². The van der Waals surface area contributed by atoms with Crippen molar-refractivity contribution in [3.63, 3.8) is 0 Å². The van der Waals surface area contributed by atoms with E-state index >= 15 is 0 Å². The molecule has 0 spiro atoms. The van der Waals surface area contributed by atoms with Gasteiger partial charge in [0, 0.05) is 45.1 Å². The molecule has 2 rings (SSSR count). The maximum absolute atomic E-state index is 5.66. The second kappa shape index (κ2) is 4.49. The summed E-state index contributed by atoms with van der Waals surface area (Å²) in [6.07, 6.45) is 6.52. The Balaban J connectivity index is 2.10. The fourth-order valence-electron chi connectivity index (χ4n) is 1.83. The van der Waals surface area contributed by atoms with Crippen molar-refractivity contribution < 1.29 is 0 Å². The molecule has 0 radical (unpaired) electrons. The maximum Gasteiger partial charge on any atom is 0.110 e. The molecule has 2 heterocycles. The van der Waals surface area contributed by atoms with Gasteiger partial charge in [-0.2, -0.15) is 0 Å². The first kappa shape index (κ1) is 10.9. The highest BCUT2D eigenvalue weighted by atomic mass is 15.1. The van der Waals surface area contributed by atoms with E-state index in [2.05, 4.69) is 14.5 Å². The minimum absolute atomic E-state index is 0.529. The van der Waals surface area contributed by atoms with E-state index < -0.39 is 0 Å². The van der Waals surface area contributed by atoms with Gasteiger partial charge in [-0.25, -0.2) is 9.97 Å². The summed E-state index contributed by atoms with van der Waals surface area (Å²) in [5.41, 5.74) is 6.74. The molecule has 2 N–H and O–H groups in total. The van der Waals surface area contributed by atoms with Gasteiger partial charge in [-0.15, -0.1) is 0 Å². The van der Waals surface area contributed by atoms with Gasteiger partial charge in [0.25, 0.3) is 0 Å². The summed E-state index contributed by atoms with van der Waals surface area (Å²) in [6, 6.07) is 0. The average molecular weight is 219 g/mol. The smallest absolute Gasteiger partial charge is 0.110 e. The van der Waals surface area contributed by atoms with E-state index in [0.29, 0.717) is 6.54 Å². The number of nitrogens with zero attached hydrogens (tertiary/aromatic N) is 4. The Labute approximate surface area is 94.9 Å². The minimum atomic E-state index is 0.529. The van der Waals surface area contributed by atoms with Crippen LogP contribution in [0.25, 0.3) is 0 Å². The van der Waals surface area contributed by atoms with E-state index in [4.69, 9.17) is 5.73 Å². The van der Waals surface area contributed by atoms with Crippen LogP contribution in [0.15, 0.2) is 18.6 Å². The zero-order chi connectivity index (χ0) is 11.5. The standard InChI is InChI=1S/C11H17N5/c1-9-14-8-10(7-12)16(9)5-3-11-13-4-6-15(11)2/h4,6,8H,3,5,7,12H2,1-2H3. The van der Waals surface area contributed by atoms with Crippen LogP contribution in [-0.2, 0) is 26.6 Å². The molecule has 5 nitrogen and oxygen atoms in total. The minimum Gasteiger partial charge on any atom is -0.338 e. The van der Waals surface area contributed by atoms with Gasteiger partial charge in [0.2, 0.25) is 0 Å². The second-order valence-electron chi connectivity index (χ2n) is 3.86. The van der Waals surface area contributed by atoms with E-state index in [9.17, 15) is 0 Å². The zero-order valence-electron chi connectivity index (χ0n) is 9.72. The molecule has 0 amide bonds. The van der Waals surface area contributed by atoms with Crippen molar-refractivity contribution in [1.29, 1.82) is 0 Å². The van der Waals surface area contributed by atoms with Gasteiger partial charge in [0.05, 0.1) is 5.69 Å². The first-order chi connectivity index (χ1) is 7.72. The molecule has 5 heteroatoms. The van der Waals surface area contributed by atoms with Crippen LogP contribution in [0.2, 0.25) is 0 Å².